The molecule has 3 rings (SSSR count). The van der Waals surface area contributed by atoms with Crippen molar-refractivity contribution >= 4 is 50.3 Å². The highest BCUT2D eigenvalue weighted by atomic mass is 79.9. The van der Waals surface area contributed by atoms with Crippen molar-refractivity contribution in [3.8, 4) is 11.4 Å². The van der Waals surface area contributed by atoms with Gasteiger partial charge >= 0.3 is 0 Å². The highest BCUT2D eigenvalue weighted by Crippen LogP contribution is 2.26. The predicted octanol–water partition coefficient (Wildman–Crippen LogP) is 4.09. The normalized spacial score (nSPS) is 11.1. The molecule has 0 aliphatic heterocycles. The summed E-state index contributed by atoms with van der Waals surface area (Å²) >= 11 is 15.1. The molecule has 0 atom stereocenters. The smallest absolute Gasteiger partial charge is 0.179 e. The lowest BCUT2D eigenvalue weighted by atomic mass is 10.3. The highest BCUT2D eigenvalue weighted by molar-refractivity contribution is 9.10. The van der Waals surface area contributed by atoms with Gasteiger partial charge in [0.1, 0.15) is 11.0 Å². The van der Waals surface area contributed by atoms with Crippen LogP contribution in [0.3, 0.4) is 0 Å². The first-order valence-corrected chi connectivity index (χ1v) is 6.51. The summed E-state index contributed by atoms with van der Waals surface area (Å²) in [6, 6.07) is 3.61. The van der Waals surface area contributed by atoms with Crippen LogP contribution in [0.5, 0.6) is 0 Å². The molecule has 0 amide bonds. The van der Waals surface area contributed by atoms with Gasteiger partial charge in [0, 0.05) is 22.4 Å². The van der Waals surface area contributed by atoms with Gasteiger partial charge in [0.05, 0.1) is 10.5 Å². The van der Waals surface area contributed by atoms with Crippen molar-refractivity contribution in [3.63, 3.8) is 0 Å². The van der Waals surface area contributed by atoms with E-state index in [1.807, 2.05) is 6.07 Å². The molecule has 0 spiro atoms. The van der Waals surface area contributed by atoms with Gasteiger partial charge in [-0.25, -0.2) is 9.97 Å². The average molecular weight is 344 g/mol. The molecule has 0 aromatic carbocycles. The topological polar surface area (TPSA) is 54.5 Å². The number of H-pyrrole nitrogens is 1. The number of nitrogens with one attached hydrogen (secondary N) is 1. The van der Waals surface area contributed by atoms with Gasteiger partial charge in [0.2, 0.25) is 0 Å². The minimum atomic E-state index is 0.245. The van der Waals surface area contributed by atoms with E-state index in [2.05, 4.69) is 35.9 Å². The fraction of sp³-hybridized carbons (Fsp3) is 0. The lowest BCUT2D eigenvalue weighted by Crippen LogP contribution is -1.82. The first-order chi connectivity index (χ1) is 8.63. The number of fused-ring (bicyclic) bond motifs is 1. The van der Waals surface area contributed by atoms with E-state index < -0.39 is 0 Å². The maximum atomic E-state index is 5.91. The molecule has 0 aliphatic rings. The zero-order valence-electron chi connectivity index (χ0n) is 8.78. The Balaban J connectivity index is 2.19. The summed E-state index contributed by atoms with van der Waals surface area (Å²) in [7, 11) is 0. The molecule has 0 aliphatic carbocycles. The summed E-state index contributed by atoms with van der Waals surface area (Å²) in [5, 5.41) is 0.640. The van der Waals surface area contributed by atoms with Gasteiger partial charge in [-0.15, -0.1) is 0 Å². The number of nitrogens with zero attached hydrogens (tertiary/aromatic N) is 3. The Labute approximate surface area is 121 Å². The Hall–Kier alpha value is -1.17. The lowest BCUT2D eigenvalue weighted by molar-refractivity contribution is 1.25. The first-order valence-electron chi connectivity index (χ1n) is 4.96. The Kier molecular flexibility index (Phi) is 2.97. The van der Waals surface area contributed by atoms with E-state index in [1.54, 1.807) is 18.5 Å². The van der Waals surface area contributed by atoms with Crippen LogP contribution in [0, 0.1) is 0 Å². The molecule has 0 radical (unpaired) electrons. The van der Waals surface area contributed by atoms with Gasteiger partial charge < -0.3 is 4.98 Å². The van der Waals surface area contributed by atoms with Crippen molar-refractivity contribution in [2.75, 3.05) is 0 Å². The number of rotatable bonds is 1. The zero-order valence-corrected chi connectivity index (χ0v) is 11.9. The predicted molar refractivity (Wildman–Crippen MR) is 74.8 cm³/mol. The van der Waals surface area contributed by atoms with Gasteiger partial charge in [0.25, 0.3) is 0 Å². The van der Waals surface area contributed by atoms with Crippen LogP contribution >= 0.6 is 39.1 Å². The number of pyridine rings is 2. The molecule has 0 saturated heterocycles. The van der Waals surface area contributed by atoms with Crippen molar-refractivity contribution in [1.29, 1.82) is 0 Å². The number of aromatic amines is 1. The van der Waals surface area contributed by atoms with Crippen LogP contribution in [0.1, 0.15) is 0 Å². The Morgan fingerprint density at radius 3 is 2.72 bits per heavy atom. The molecule has 0 saturated carbocycles. The molecule has 90 valence electrons. The third-order valence-electron chi connectivity index (χ3n) is 2.36. The molecule has 1 N–H and O–H groups in total. The van der Waals surface area contributed by atoms with E-state index >= 15 is 0 Å². The van der Waals surface area contributed by atoms with E-state index in [0.29, 0.717) is 16.5 Å². The van der Waals surface area contributed by atoms with Gasteiger partial charge in [-0.3, -0.25) is 4.98 Å². The number of aromatic nitrogens is 4. The second-order valence-corrected chi connectivity index (χ2v) is 5.29. The van der Waals surface area contributed by atoms with E-state index in [4.69, 9.17) is 23.2 Å². The fourth-order valence-electron chi connectivity index (χ4n) is 1.57. The minimum absolute atomic E-state index is 0.245. The summed E-state index contributed by atoms with van der Waals surface area (Å²) in [5.41, 5.74) is 2.12. The Morgan fingerprint density at radius 1 is 1.11 bits per heavy atom. The number of imidazole rings is 1. The molecule has 18 heavy (non-hydrogen) atoms. The first kappa shape index (κ1) is 11.9. The van der Waals surface area contributed by atoms with Crippen LogP contribution in [0.2, 0.25) is 10.2 Å². The van der Waals surface area contributed by atoms with Gasteiger partial charge in [0.15, 0.2) is 5.65 Å². The number of hydrogen-bond donors (Lipinski definition) is 1. The van der Waals surface area contributed by atoms with Crippen LogP contribution in [0.4, 0.5) is 0 Å². The summed E-state index contributed by atoms with van der Waals surface area (Å²) in [4.78, 5) is 15.7. The van der Waals surface area contributed by atoms with Crippen LogP contribution in [-0.4, -0.2) is 19.9 Å². The maximum Gasteiger partial charge on any atom is 0.179 e. The monoisotopic (exact) mass is 342 g/mol. The van der Waals surface area contributed by atoms with E-state index in [0.717, 1.165) is 15.6 Å². The van der Waals surface area contributed by atoms with Crippen molar-refractivity contribution in [2.45, 2.75) is 0 Å². The quantitative estimate of drug-likeness (QED) is 0.677. The van der Waals surface area contributed by atoms with Crippen LogP contribution < -0.4 is 0 Å². The summed E-state index contributed by atoms with van der Waals surface area (Å²) < 4.78 is 0.879. The average Bonchev–Trinajstić information content (AvgIpc) is 2.73. The summed E-state index contributed by atoms with van der Waals surface area (Å²) in [6.07, 6.45) is 3.42. The Morgan fingerprint density at radius 2 is 1.94 bits per heavy atom. The van der Waals surface area contributed by atoms with Crippen LogP contribution in [0.15, 0.2) is 29.0 Å². The second kappa shape index (κ2) is 4.50. The van der Waals surface area contributed by atoms with E-state index in [9.17, 15) is 0 Å². The molecule has 3 heterocycles. The van der Waals surface area contributed by atoms with Gasteiger partial charge in [-0.2, -0.15) is 0 Å². The van der Waals surface area contributed by atoms with Crippen LogP contribution in [0.25, 0.3) is 22.6 Å². The van der Waals surface area contributed by atoms with Gasteiger partial charge in [-0.05, 0) is 28.1 Å². The number of hydrogen-bond acceptors (Lipinski definition) is 3. The molecular formula is C11H5BrCl2N4. The largest absolute Gasteiger partial charge is 0.336 e. The third kappa shape index (κ3) is 2.09. The standard InChI is InChI=1S/C11H5BrCl2N4/c12-6-1-5(3-15-4-6)10-16-8-2-7(13)9(14)17-11(8)18-10/h1-4H,(H,16,17,18). The molecule has 3 aromatic heterocycles. The maximum absolute atomic E-state index is 5.91. The third-order valence-corrected chi connectivity index (χ3v) is 3.47. The SMILES string of the molecule is Clc1cc2[nH]c(-c3cncc(Br)c3)nc2nc1Cl. The molecule has 7 heteroatoms. The highest BCUT2D eigenvalue weighted by Gasteiger charge is 2.09. The number of halogens is 3. The lowest BCUT2D eigenvalue weighted by Gasteiger charge is -1.95. The Bertz CT molecular complexity index is 702. The summed E-state index contributed by atoms with van der Waals surface area (Å²) in [5.74, 6) is 0.671. The molecule has 4 nitrogen and oxygen atoms in total. The van der Waals surface area contributed by atoms with E-state index in [1.165, 1.54) is 0 Å². The molecule has 0 unspecified atom stereocenters. The van der Waals surface area contributed by atoms with E-state index in [-0.39, 0.29) is 5.15 Å². The van der Waals surface area contributed by atoms with Crippen molar-refractivity contribution in [1.82, 2.24) is 19.9 Å². The fourth-order valence-corrected chi connectivity index (χ4v) is 2.22. The molecule has 0 bridgehead atoms. The minimum Gasteiger partial charge on any atom is -0.336 e. The van der Waals surface area contributed by atoms with Gasteiger partial charge in [-0.1, -0.05) is 23.2 Å². The second-order valence-electron chi connectivity index (χ2n) is 3.61. The molecular weight excluding hydrogens is 339 g/mol. The van der Waals surface area contributed by atoms with Crippen LogP contribution in [-0.2, 0) is 0 Å². The van der Waals surface area contributed by atoms with Crippen molar-refractivity contribution in [2.24, 2.45) is 0 Å². The van der Waals surface area contributed by atoms with Crippen molar-refractivity contribution < 1.29 is 0 Å². The summed E-state index contributed by atoms with van der Waals surface area (Å²) in [6.45, 7) is 0. The molecule has 0 fully saturated rings. The zero-order chi connectivity index (χ0) is 12.7. The molecule has 3 aromatic rings. The van der Waals surface area contributed by atoms with Crippen molar-refractivity contribution in [3.05, 3.63) is 39.2 Å².